The fraction of sp³-hybridized carbons (Fsp3) is 0.529. The number of ether oxygens (including phenoxy) is 1. The lowest BCUT2D eigenvalue weighted by Gasteiger charge is -2.34. The van der Waals surface area contributed by atoms with E-state index >= 15 is 0 Å². The molecule has 1 aliphatic heterocycles. The molecule has 1 aromatic carbocycles. The zero-order chi connectivity index (χ0) is 20.0. The van der Waals surface area contributed by atoms with E-state index in [2.05, 4.69) is 10.6 Å². The van der Waals surface area contributed by atoms with E-state index in [0.717, 1.165) is 10.4 Å². The maximum absolute atomic E-state index is 13.5. The number of halogens is 1. The van der Waals surface area contributed by atoms with Gasteiger partial charge in [0.25, 0.3) is 0 Å². The Bertz CT molecular complexity index is 800. The lowest BCUT2D eigenvalue weighted by atomic mass is 10.2. The van der Waals surface area contributed by atoms with Crippen LogP contribution >= 0.6 is 0 Å². The highest BCUT2D eigenvalue weighted by molar-refractivity contribution is 7.89. The molecule has 1 aliphatic rings. The first kappa shape index (κ1) is 21.3. The van der Waals surface area contributed by atoms with Gasteiger partial charge in [-0.3, -0.25) is 9.59 Å². The number of hydrogen-bond acceptors (Lipinski definition) is 5. The Morgan fingerprint density at radius 3 is 2.67 bits per heavy atom. The van der Waals surface area contributed by atoms with Crippen molar-refractivity contribution >= 4 is 21.8 Å². The lowest BCUT2D eigenvalue weighted by molar-refractivity contribution is -0.140. The van der Waals surface area contributed by atoms with E-state index in [1.807, 2.05) is 6.92 Å². The fourth-order valence-electron chi connectivity index (χ4n) is 2.59. The SMILES string of the molecule is CCCNC(=O)C(=O)NCC1OCCCN1S(=O)(=O)c1ccc(F)c(C)c1. The van der Waals surface area contributed by atoms with Gasteiger partial charge in [0, 0.05) is 13.1 Å². The minimum absolute atomic E-state index is 0.0519. The third kappa shape index (κ3) is 5.24. The van der Waals surface area contributed by atoms with Crippen LogP contribution < -0.4 is 10.6 Å². The van der Waals surface area contributed by atoms with Crippen molar-refractivity contribution in [2.75, 3.05) is 26.2 Å². The third-order valence-electron chi connectivity index (χ3n) is 4.07. The summed E-state index contributed by atoms with van der Waals surface area (Å²) in [6.45, 7) is 4.06. The van der Waals surface area contributed by atoms with Crippen LogP contribution in [-0.2, 0) is 24.3 Å². The number of rotatable bonds is 6. The van der Waals surface area contributed by atoms with E-state index in [4.69, 9.17) is 4.74 Å². The van der Waals surface area contributed by atoms with Gasteiger partial charge in [0.05, 0.1) is 18.0 Å². The van der Waals surface area contributed by atoms with E-state index < -0.39 is 33.9 Å². The van der Waals surface area contributed by atoms with Crippen LogP contribution in [0.1, 0.15) is 25.3 Å². The molecule has 0 aliphatic carbocycles. The maximum Gasteiger partial charge on any atom is 0.309 e. The fourth-order valence-corrected chi connectivity index (χ4v) is 4.25. The van der Waals surface area contributed by atoms with Crippen LogP contribution in [0.5, 0.6) is 0 Å². The Labute approximate surface area is 158 Å². The number of carbonyl (C=O) groups is 2. The Morgan fingerprint density at radius 1 is 1.30 bits per heavy atom. The first-order chi connectivity index (χ1) is 12.8. The van der Waals surface area contributed by atoms with Gasteiger partial charge < -0.3 is 15.4 Å². The molecule has 0 saturated carbocycles. The van der Waals surface area contributed by atoms with Crippen LogP contribution in [0.4, 0.5) is 4.39 Å². The van der Waals surface area contributed by atoms with E-state index in [-0.39, 0.29) is 23.5 Å². The summed E-state index contributed by atoms with van der Waals surface area (Å²) in [4.78, 5) is 23.4. The van der Waals surface area contributed by atoms with Crippen LogP contribution in [0.15, 0.2) is 23.1 Å². The van der Waals surface area contributed by atoms with E-state index in [9.17, 15) is 22.4 Å². The molecule has 1 heterocycles. The standard InChI is InChI=1S/C17H24FN3O5S/c1-3-7-19-16(22)17(23)20-11-15-21(8-4-9-26-15)27(24,25)13-5-6-14(18)12(2)10-13/h5-6,10,15H,3-4,7-9,11H2,1-2H3,(H,19,22)(H,20,23). The summed E-state index contributed by atoms with van der Waals surface area (Å²) >= 11 is 0. The second kappa shape index (κ2) is 9.25. The molecule has 0 radical (unpaired) electrons. The van der Waals surface area contributed by atoms with Crippen molar-refractivity contribution in [2.45, 2.75) is 37.8 Å². The van der Waals surface area contributed by atoms with Crippen molar-refractivity contribution in [1.29, 1.82) is 0 Å². The molecule has 8 nitrogen and oxygen atoms in total. The minimum Gasteiger partial charge on any atom is -0.360 e. The second-order valence-electron chi connectivity index (χ2n) is 6.17. The molecule has 1 aromatic rings. The van der Waals surface area contributed by atoms with Gasteiger partial charge in [0.1, 0.15) is 12.0 Å². The Balaban J connectivity index is 2.10. The molecule has 1 saturated heterocycles. The number of aryl methyl sites for hydroxylation is 1. The monoisotopic (exact) mass is 401 g/mol. The Hall–Kier alpha value is -2.04. The van der Waals surface area contributed by atoms with Crippen LogP contribution in [0.3, 0.4) is 0 Å². The summed E-state index contributed by atoms with van der Waals surface area (Å²) in [6.07, 6.45) is 0.228. The zero-order valence-electron chi connectivity index (χ0n) is 15.3. The Morgan fingerprint density at radius 2 is 2.00 bits per heavy atom. The van der Waals surface area contributed by atoms with Crippen molar-refractivity contribution < 1.29 is 27.1 Å². The topological polar surface area (TPSA) is 105 Å². The third-order valence-corrected chi connectivity index (χ3v) is 5.95. The molecular weight excluding hydrogens is 377 g/mol. The summed E-state index contributed by atoms with van der Waals surface area (Å²) < 4.78 is 45.9. The van der Waals surface area contributed by atoms with Crippen molar-refractivity contribution in [3.05, 3.63) is 29.6 Å². The smallest absolute Gasteiger partial charge is 0.309 e. The van der Waals surface area contributed by atoms with Crippen molar-refractivity contribution in [2.24, 2.45) is 0 Å². The predicted molar refractivity (Wildman–Crippen MR) is 95.7 cm³/mol. The molecule has 2 N–H and O–H groups in total. The minimum atomic E-state index is -3.94. The molecule has 0 bridgehead atoms. The number of amides is 2. The van der Waals surface area contributed by atoms with Crippen LogP contribution in [0, 0.1) is 12.7 Å². The van der Waals surface area contributed by atoms with Crippen LogP contribution in [-0.4, -0.2) is 57.0 Å². The average molecular weight is 401 g/mol. The maximum atomic E-state index is 13.5. The number of carbonyl (C=O) groups excluding carboxylic acids is 2. The molecule has 10 heteroatoms. The van der Waals surface area contributed by atoms with E-state index in [1.54, 1.807) is 0 Å². The molecule has 150 valence electrons. The van der Waals surface area contributed by atoms with Crippen molar-refractivity contribution in [1.82, 2.24) is 14.9 Å². The number of nitrogens with zero attached hydrogens (tertiary/aromatic N) is 1. The number of hydrogen-bond donors (Lipinski definition) is 2. The highest BCUT2D eigenvalue weighted by Crippen LogP contribution is 2.23. The normalized spacial score (nSPS) is 18.1. The molecule has 0 spiro atoms. The van der Waals surface area contributed by atoms with E-state index in [1.165, 1.54) is 19.1 Å². The van der Waals surface area contributed by atoms with Gasteiger partial charge in [-0.05, 0) is 43.5 Å². The largest absolute Gasteiger partial charge is 0.360 e. The molecule has 2 amide bonds. The van der Waals surface area contributed by atoms with Gasteiger partial charge in [-0.25, -0.2) is 12.8 Å². The second-order valence-corrected chi connectivity index (χ2v) is 8.06. The molecular formula is C17H24FN3O5S. The molecule has 1 unspecified atom stereocenters. The van der Waals surface area contributed by atoms with Crippen LogP contribution in [0.2, 0.25) is 0 Å². The highest BCUT2D eigenvalue weighted by atomic mass is 32.2. The van der Waals surface area contributed by atoms with Crippen LogP contribution in [0.25, 0.3) is 0 Å². The zero-order valence-corrected chi connectivity index (χ0v) is 16.1. The molecule has 27 heavy (non-hydrogen) atoms. The van der Waals surface area contributed by atoms with Gasteiger partial charge in [-0.2, -0.15) is 4.31 Å². The predicted octanol–water partition coefficient (Wildman–Crippen LogP) is 0.514. The van der Waals surface area contributed by atoms with Gasteiger partial charge in [0.2, 0.25) is 10.0 Å². The highest BCUT2D eigenvalue weighted by Gasteiger charge is 2.35. The van der Waals surface area contributed by atoms with Crippen molar-refractivity contribution in [3.8, 4) is 0 Å². The number of nitrogens with one attached hydrogen (secondary N) is 2. The summed E-state index contributed by atoms with van der Waals surface area (Å²) in [6, 6.07) is 3.55. The summed E-state index contributed by atoms with van der Waals surface area (Å²) in [5.74, 6) is -2.13. The summed E-state index contributed by atoms with van der Waals surface area (Å²) in [5, 5.41) is 4.83. The van der Waals surface area contributed by atoms with Gasteiger partial charge >= 0.3 is 11.8 Å². The molecule has 1 atom stereocenters. The average Bonchev–Trinajstić information content (AvgIpc) is 2.66. The van der Waals surface area contributed by atoms with Crippen molar-refractivity contribution in [3.63, 3.8) is 0 Å². The Kier molecular flexibility index (Phi) is 7.28. The lowest BCUT2D eigenvalue weighted by Crippen LogP contribution is -2.53. The number of sulfonamides is 1. The number of benzene rings is 1. The van der Waals surface area contributed by atoms with Gasteiger partial charge in [-0.15, -0.1) is 0 Å². The molecule has 1 fully saturated rings. The first-order valence-corrected chi connectivity index (χ1v) is 10.2. The molecule has 0 aromatic heterocycles. The summed E-state index contributed by atoms with van der Waals surface area (Å²) in [5.41, 5.74) is 0.214. The first-order valence-electron chi connectivity index (χ1n) is 8.73. The molecule has 2 rings (SSSR count). The summed E-state index contributed by atoms with van der Waals surface area (Å²) in [7, 11) is -3.94. The van der Waals surface area contributed by atoms with E-state index in [0.29, 0.717) is 26.0 Å². The van der Waals surface area contributed by atoms with Gasteiger partial charge in [0.15, 0.2) is 0 Å². The quantitative estimate of drug-likeness (QED) is 0.676. The van der Waals surface area contributed by atoms with Gasteiger partial charge in [-0.1, -0.05) is 6.92 Å².